The zero-order valence-electron chi connectivity index (χ0n) is 8.94. The van der Waals surface area contributed by atoms with E-state index in [1.807, 2.05) is 0 Å². The smallest absolute Gasteiger partial charge is 0.243 e. The summed E-state index contributed by atoms with van der Waals surface area (Å²) >= 11 is 0. The number of likely N-dealkylation sites (N-methyl/N-ethyl adjacent to an activating group) is 1. The van der Waals surface area contributed by atoms with Crippen LogP contribution in [0, 0.1) is 5.82 Å². The summed E-state index contributed by atoms with van der Waals surface area (Å²) in [7, 11) is 1.70. The molecule has 1 N–H and O–H groups in total. The van der Waals surface area contributed by atoms with E-state index in [4.69, 9.17) is 0 Å². The van der Waals surface area contributed by atoms with Crippen LogP contribution in [0.3, 0.4) is 0 Å². The van der Waals surface area contributed by atoms with E-state index in [0.717, 1.165) is 18.7 Å². The normalized spacial score (nSPS) is 18.2. The van der Waals surface area contributed by atoms with Gasteiger partial charge in [-0.15, -0.1) is 12.4 Å². The highest BCUT2D eigenvalue weighted by atomic mass is 35.5. The predicted molar refractivity (Wildman–Crippen MR) is 63.5 cm³/mol. The third-order valence-corrected chi connectivity index (χ3v) is 2.67. The topological polar surface area (TPSA) is 32.3 Å². The lowest BCUT2D eigenvalue weighted by Gasteiger charge is -2.30. The van der Waals surface area contributed by atoms with Gasteiger partial charge in [-0.2, -0.15) is 0 Å². The molecule has 1 aliphatic rings. The van der Waals surface area contributed by atoms with Gasteiger partial charge in [0.05, 0.1) is 6.04 Å². The lowest BCUT2D eigenvalue weighted by atomic mass is 10.1. The van der Waals surface area contributed by atoms with Gasteiger partial charge in [0.15, 0.2) is 0 Å². The molecule has 0 bridgehead atoms. The van der Waals surface area contributed by atoms with Crippen molar-refractivity contribution in [2.75, 3.05) is 18.5 Å². The van der Waals surface area contributed by atoms with Gasteiger partial charge >= 0.3 is 0 Å². The van der Waals surface area contributed by atoms with Gasteiger partial charge in [0.25, 0.3) is 0 Å². The Balaban J connectivity index is 0.00000128. The van der Waals surface area contributed by atoms with Crippen molar-refractivity contribution in [3.05, 3.63) is 30.1 Å². The second-order valence-electron chi connectivity index (χ2n) is 3.67. The van der Waals surface area contributed by atoms with E-state index in [-0.39, 0.29) is 30.2 Å². The molecule has 1 aromatic rings. The molecule has 1 amide bonds. The molecule has 0 radical (unpaired) electrons. The molecule has 2 rings (SSSR count). The summed E-state index contributed by atoms with van der Waals surface area (Å²) in [4.78, 5) is 13.3. The van der Waals surface area contributed by atoms with Crippen molar-refractivity contribution in [2.45, 2.75) is 12.5 Å². The predicted octanol–water partition coefficient (Wildman–Crippen LogP) is 1.57. The first-order chi connectivity index (χ1) is 7.18. The summed E-state index contributed by atoms with van der Waals surface area (Å²) in [5.41, 5.74) is 0.718. The van der Waals surface area contributed by atoms with Crippen molar-refractivity contribution in [3.8, 4) is 0 Å². The van der Waals surface area contributed by atoms with Crippen molar-refractivity contribution in [1.29, 1.82) is 0 Å². The average molecular weight is 245 g/mol. The van der Waals surface area contributed by atoms with E-state index in [1.165, 1.54) is 12.1 Å². The maximum absolute atomic E-state index is 12.7. The fraction of sp³-hybridized carbons (Fsp3) is 0.364. The second kappa shape index (κ2) is 5.27. The Morgan fingerprint density at radius 2 is 2.00 bits per heavy atom. The number of benzene rings is 1. The third-order valence-electron chi connectivity index (χ3n) is 2.67. The van der Waals surface area contributed by atoms with Crippen LogP contribution in [-0.2, 0) is 4.79 Å². The van der Waals surface area contributed by atoms with Crippen LogP contribution in [0.2, 0.25) is 0 Å². The number of carbonyl (C=O) groups excluding carboxylic acids is 1. The van der Waals surface area contributed by atoms with Crippen molar-refractivity contribution >= 4 is 24.0 Å². The summed E-state index contributed by atoms with van der Waals surface area (Å²) in [6.07, 6.45) is 0.879. The Labute approximate surface area is 100 Å². The van der Waals surface area contributed by atoms with Gasteiger partial charge in [-0.1, -0.05) is 0 Å². The van der Waals surface area contributed by atoms with E-state index >= 15 is 0 Å². The Morgan fingerprint density at radius 1 is 1.44 bits per heavy atom. The first-order valence-corrected chi connectivity index (χ1v) is 4.95. The monoisotopic (exact) mass is 244 g/mol. The second-order valence-corrected chi connectivity index (χ2v) is 3.67. The van der Waals surface area contributed by atoms with Crippen LogP contribution in [0.15, 0.2) is 24.3 Å². The van der Waals surface area contributed by atoms with Gasteiger partial charge in [0.2, 0.25) is 5.91 Å². The summed E-state index contributed by atoms with van der Waals surface area (Å²) in [5, 5.41) is 3.04. The van der Waals surface area contributed by atoms with Crippen molar-refractivity contribution in [3.63, 3.8) is 0 Å². The van der Waals surface area contributed by atoms with Crippen LogP contribution >= 0.6 is 12.4 Å². The van der Waals surface area contributed by atoms with Gasteiger partial charge in [-0.3, -0.25) is 4.79 Å². The molecule has 88 valence electrons. The largest absolute Gasteiger partial charge is 0.314 e. The first-order valence-electron chi connectivity index (χ1n) is 4.95. The molecule has 1 heterocycles. The molecule has 3 nitrogen and oxygen atoms in total. The summed E-state index contributed by atoms with van der Waals surface area (Å²) < 4.78 is 12.7. The van der Waals surface area contributed by atoms with Gasteiger partial charge in [-0.05, 0) is 37.2 Å². The zero-order valence-corrected chi connectivity index (χ0v) is 9.76. The number of amides is 1. The minimum absolute atomic E-state index is 0. The Bertz CT molecular complexity index is 365. The summed E-state index contributed by atoms with van der Waals surface area (Å²) in [5.74, 6) is -0.255. The maximum Gasteiger partial charge on any atom is 0.243 e. The third kappa shape index (κ3) is 2.51. The molecule has 1 atom stereocenters. The van der Waals surface area contributed by atoms with Crippen LogP contribution in [0.4, 0.5) is 10.1 Å². The first kappa shape index (κ1) is 12.9. The molecule has 1 aromatic carbocycles. The van der Waals surface area contributed by atoms with Crippen LogP contribution in [0.1, 0.15) is 6.42 Å². The number of nitrogens with zero attached hydrogens (tertiary/aromatic N) is 1. The minimum atomic E-state index is -0.290. The van der Waals surface area contributed by atoms with Crippen LogP contribution in [-0.4, -0.2) is 25.5 Å². The molecule has 1 fully saturated rings. The lowest BCUT2D eigenvalue weighted by Crippen LogP contribution is -2.53. The highest BCUT2D eigenvalue weighted by Gasteiger charge is 2.27. The lowest BCUT2D eigenvalue weighted by molar-refractivity contribution is -0.121. The van der Waals surface area contributed by atoms with E-state index < -0.39 is 0 Å². The van der Waals surface area contributed by atoms with Gasteiger partial charge in [0.1, 0.15) is 5.82 Å². The number of anilines is 1. The molecule has 16 heavy (non-hydrogen) atoms. The highest BCUT2D eigenvalue weighted by molar-refractivity contribution is 5.97. The number of hydrogen-bond acceptors (Lipinski definition) is 2. The molecule has 0 aliphatic carbocycles. The fourth-order valence-corrected chi connectivity index (χ4v) is 1.53. The van der Waals surface area contributed by atoms with E-state index in [9.17, 15) is 9.18 Å². The standard InChI is InChI=1S/C11H13FN2O.ClH/c1-14(11(15)10-6-7-13-10)9-4-2-8(12)3-5-9;/h2-5,10,13H,6-7H2,1H3;1H/t10-;/m1./s1. The summed E-state index contributed by atoms with van der Waals surface area (Å²) in [6, 6.07) is 5.85. The maximum atomic E-state index is 12.7. The number of halogens is 2. The molecule has 1 saturated heterocycles. The molecule has 1 aliphatic heterocycles. The van der Waals surface area contributed by atoms with Crippen LogP contribution in [0.5, 0.6) is 0 Å². The quantitative estimate of drug-likeness (QED) is 0.857. The Hall–Kier alpha value is -1.13. The molecule has 0 unspecified atom stereocenters. The minimum Gasteiger partial charge on any atom is -0.314 e. The number of hydrogen-bond donors (Lipinski definition) is 1. The fourth-order valence-electron chi connectivity index (χ4n) is 1.53. The molecule has 0 saturated carbocycles. The highest BCUT2D eigenvalue weighted by Crippen LogP contribution is 2.16. The van der Waals surface area contributed by atoms with E-state index in [1.54, 1.807) is 24.1 Å². The SMILES string of the molecule is CN(C(=O)[C@H]1CCN1)c1ccc(F)cc1.Cl. The Kier molecular flexibility index (Phi) is 4.26. The molecule has 5 heteroatoms. The summed E-state index contributed by atoms with van der Waals surface area (Å²) in [6.45, 7) is 0.896. The number of carbonyl (C=O) groups is 1. The zero-order chi connectivity index (χ0) is 10.8. The number of rotatable bonds is 2. The average Bonchev–Trinajstić information content (AvgIpc) is 2.15. The van der Waals surface area contributed by atoms with Crippen molar-refractivity contribution in [1.82, 2.24) is 5.32 Å². The van der Waals surface area contributed by atoms with E-state index in [0.29, 0.717) is 0 Å². The van der Waals surface area contributed by atoms with Gasteiger partial charge < -0.3 is 10.2 Å². The van der Waals surface area contributed by atoms with Crippen molar-refractivity contribution in [2.24, 2.45) is 0 Å². The Morgan fingerprint density at radius 3 is 2.44 bits per heavy atom. The molecule has 0 spiro atoms. The van der Waals surface area contributed by atoms with E-state index in [2.05, 4.69) is 5.32 Å². The molecule has 0 aromatic heterocycles. The van der Waals surface area contributed by atoms with Gasteiger partial charge in [-0.25, -0.2) is 4.39 Å². The molecular weight excluding hydrogens is 231 g/mol. The van der Waals surface area contributed by atoms with Gasteiger partial charge in [0, 0.05) is 12.7 Å². The van der Waals surface area contributed by atoms with Crippen molar-refractivity contribution < 1.29 is 9.18 Å². The number of nitrogens with one attached hydrogen (secondary N) is 1. The van der Waals surface area contributed by atoms with Crippen LogP contribution in [0.25, 0.3) is 0 Å². The van der Waals surface area contributed by atoms with Crippen LogP contribution < -0.4 is 10.2 Å². The molecular formula is C11H14ClFN2O.